The largest absolute Gasteiger partial charge is 0.334 e. The first-order chi connectivity index (χ1) is 11.5. The molecule has 1 aliphatic rings. The Morgan fingerprint density at radius 3 is 2.71 bits per heavy atom. The van der Waals surface area contributed by atoms with Gasteiger partial charge in [-0.1, -0.05) is 50.2 Å². The number of benzene rings is 2. The number of nitriles is 1. The number of amides is 2. The van der Waals surface area contributed by atoms with Gasteiger partial charge in [-0.05, 0) is 35.1 Å². The Morgan fingerprint density at radius 1 is 1.25 bits per heavy atom. The van der Waals surface area contributed by atoms with Crippen LogP contribution in [0.4, 0.5) is 10.5 Å². The molecule has 1 heterocycles. The van der Waals surface area contributed by atoms with Gasteiger partial charge in [0, 0.05) is 18.8 Å². The second-order valence-electron chi connectivity index (χ2n) is 7.03. The highest BCUT2D eigenvalue weighted by Gasteiger charge is 2.33. The summed E-state index contributed by atoms with van der Waals surface area (Å²) in [5.74, 6) is 0. The van der Waals surface area contributed by atoms with Crippen molar-refractivity contribution < 1.29 is 4.79 Å². The molecule has 2 amide bonds. The van der Waals surface area contributed by atoms with Crippen LogP contribution in [0.3, 0.4) is 0 Å². The summed E-state index contributed by atoms with van der Waals surface area (Å²) in [4.78, 5) is 14.5. The summed E-state index contributed by atoms with van der Waals surface area (Å²) < 4.78 is 0. The zero-order chi connectivity index (χ0) is 17.2. The van der Waals surface area contributed by atoms with E-state index in [0.29, 0.717) is 18.7 Å². The van der Waals surface area contributed by atoms with E-state index in [1.165, 1.54) is 0 Å². The maximum Gasteiger partial charge on any atom is 0.322 e. The Kier molecular flexibility index (Phi) is 4.26. The van der Waals surface area contributed by atoms with Gasteiger partial charge in [0.25, 0.3) is 0 Å². The minimum Gasteiger partial charge on any atom is -0.334 e. The number of urea groups is 1. The van der Waals surface area contributed by atoms with Gasteiger partial charge in [-0.25, -0.2) is 4.79 Å². The molecule has 0 spiro atoms. The molecular formula is C20H21N3O. The fraction of sp³-hybridized carbons (Fsp3) is 0.300. The normalized spacial score (nSPS) is 15.3. The number of carbonyl (C=O) groups is 1. The monoisotopic (exact) mass is 319 g/mol. The molecule has 0 bridgehead atoms. The third-order valence-corrected chi connectivity index (χ3v) is 4.29. The average molecular weight is 319 g/mol. The lowest BCUT2D eigenvalue weighted by molar-refractivity contribution is 0.239. The maximum atomic E-state index is 12.8. The molecule has 4 heteroatoms. The number of anilines is 1. The van der Waals surface area contributed by atoms with Crippen LogP contribution in [0.2, 0.25) is 0 Å². The molecule has 1 aliphatic heterocycles. The molecule has 4 nitrogen and oxygen atoms in total. The lowest BCUT2D eigenvalue weighted by atomic mass is 9.81. The molecule has 0 unspecified atom stereocenters. The molecule has 1 N–H and O–H groups in total. The van der Waals surface area contributed by atoms with Gasteiger partial charge in [0.15, 0.2) is 0 Å². The van der Waals surface area contributed by atoms with Crippen LogP contribution in [-0.4, -0.2) is 12.6 Å². The van der Waals surface area contributed by atoms with Crippen LogP contribution < -0.4 is 10.2 Å². The summed E-state index contributed by atoms with van der Waals surface area (Å²) in [6.07, 6.45) is 0.899. The first-order valence-corrected chi connectivity index (χ1v) is 8.11. The van der Waals surface area contributed by atoms with Crippen LogP contribution in [0.5, 0.6) is 0 Å². The van der Waals surface area contributed by atoms with Crippen LogP contribution in [0.1, 0.15) is 30.5 Å². The molecule has 0 saturated carbocycles. The standard InChI is InChI=1S/C20H21N3O/c1-20(2)11-17-9-8-16(12-21)10-18(17)23(14-20)19(24)22-13-15-6-4-3-5-7-15/h3-10H,11,13-14H2,1-2H3,(H,22,24). The Bertz CT molecular complexity index is 790. The Hall–Kier alpha value is -2.80. The summed E-state index contributed by atoms with van der Waals surface area (Å²) in [5, 5.41) is 12.1. The minimum absolute atomic E-state index is 0.00521. The third-order valence-electron chi connectivity index (χ3n) is 4.29. The molecule has 122 valence electrons. The van der Waals surface area contributed by atoms with E-state index in [1.807, 2.05) is 48.5 Å². The molecule has 0 saturated heterocycles. The summed E-state index contributed by atoms with van der Waals surface area (Å²) in [7, 11) is 0. The third kappa shape index (κ3) is 3.41. The molecule has 0 radical (unpaired) electrons. The summed E-state index contributed by atoms with van der Waals surface area (Å²) in [5.41, 5.74) is 3.60. The number of rotatable bonds is 2. The Balaban J connectivity index is 1.84. The van der Waals surface area contributed by atoms with E-state index in [-0.39, 0.29) is 11.4 Å². The van der Waals surface area contributed by atoms with Gasteiger partial charge in [0.2, 0.25) is 0 Å². The van der Waals surface area contributed by atoms with Gasteiger partial charge in [-0.15, -0.1) is 0 Å². The Labute approximate surface area is 142 Å². The van der Waals surface area contributed by atoms with Gasteiger partial charge in [0.1, 0.15) is 0 Å². The van der Waals surface area contributed by atoms with E-state index >= 15 is 0 Å². The maximum absolute atomic E-state index is 12.8. The highest BCUT2D eigenvalue weighted by atomic mass is 16.2. The van der Waals surface area contributed by atoms with Crippen LogP contribution in [0, 0.1) is 16.7 Å². The van der Waals surface area contributed by atoms with E-state index < -0.39 is 0 Å². The van der Waals surface area contributed by atoms with Crippen molar-refractivity contribution in [3.05, 3.63) is 65.2 Å². The van der Waals surface area contributed by atoms with E-state index in [4.69, 9.17) is 5.26 Å². The molecule has 0 fully saturated rings. The second kappa shape index (κ2) is 6.37. The van der Waals surface area contributed by atoms with Gasteiger partial charge in [-0.2, -0.15) is 5.26 Å². The van der Waals surface area contributed by atoms with Crippen molar-refractivity contribution >= 4 is 11.7 Å². The fourth-order valence-corrected chi connectivity index (χ4v) is 3.17. The zero-order valence-corrected chi connectivity index (χ0v) is 14.0. The van der Waals surface area contributed by atoms with Crippen LogP contribution in [0.15, 0.2) is 48.5 Å². The lowest BCUT2D eigenvalue weighted by Gasteiger charge is -2.39. The number of nitrogens with one attached hydrogen (secondary N) is 1. The molecule has 0 aromatic heterocycles. The highest BCUT2D eigenvalue weighted by Crippen LogP contribution is 2.36. The predicted octanol–water partition coefficient (Wildman–Crippen LogP) is 3.86. The van der Waals surface area contributed by atoms with Crippen LogP contribution in [-0.2, 0) is 13.0 Å². The molecule has 3 rings (SSSR count). The predicted molar refractivity (Wildman–Crippen MR) is 94.7 cm³/mol. The van der Waals surface area contributed by atoms with E-state index in [1.54, 1.807) is 4.90 Å². The first-order valence-electron chi connectivity index (χ1n) is 8.11. The smallest absolute Gasteiger partial charge is 0.322 e. The van der Waals surface area contributed by atoms with Gasteiger partial charge >= 0.3 is 6.03 Å². The molecule has 2 aromatic carbocycles. The van der Waals surface area contributed by atoms with Crippen molar-refractivity contribution in [1.29, 1.82) is 5.26 Å². The van der Waals surface area contributed by atoms with E-state index in [2.05, 4.69) is 25.2 Å². The topological polar surface area (TPSA) is 56.1 Å². The van der Waals surface area contributed by atoms with Crippen molar-refractivity contribution in [3.8, 4) is 6.07 Å². The van der Waals surface area contributed by atoms with Crippen LogP contribution >= 0.6 is 0 Å². The zero-order valence-electron chi connectivity index (χ0n) is 14.0. The van der Waals surface area contributed by atoms with Crippen molar-refractivity contribution in [1.82, 2.24) is 5.32 Å². The van der Waals surface area contributed by atoms with Crippen LogP contribution in [0.25, 0.3) is 0 Å². The number of carbonyl (C=O) groups excluding carboxylic acids is 1. The number of nitrogens with zero attached hydrogens (tertiary/aromatic N) is 2. The van der Waals surface area contributed by atoms with Crippen molar-refractivity contribution in [2.24, 2.45) is 5.41 Å². The van der Waals surface area contributed by atoms with Gasteiger partial charge < -0.3 is 5.32 Å². The Morgan fingerprint density at radius 2 is 2.00 bits per heavy atom. The lowest BCUT2D eigenvalue weighted by Crippen LogP contribution is -2.48. The van der Waals surface area contributed by atoms with Crippen molar-refractivity contribution in [2.75, 3.05) is 11.4 Å². The van der Waals surface area contributed by atoms with E-state index in [9.17, 15) is 4.79 Å². The quantitative estimate of drug-likeness (QED) is 0.914. The summed E-state index contributed by atoms with van der Waals surface area (Å²) >= 11 is 0. The SMILES string of the molecule is CC1(C)Cc2ccc(C#N)cc2N(C(=O)NCc2ccccc2)C1. The van der Waals surface area contributed by atoms with Crippen molar-refractivity contribution in [2.45, 2.75) is 26.8 Å². The average Bonchev–Trinajstić information content (AvgIpc) is 2.58. The molecule has 0 aliphatic carbocycles. The minimum atomic E-state index is -0.122. The van der Waals surface area contributed by atoms with Gasteiger partial charge in [-0.3, -0.25) is 4.90 Å². The summed E-state index contributed by atoms with van der Waals surface area (Å²) in [6.45, 7) is 5.44. The number of hydrogen-bond acceptors (Lipinski definition) is 2. The number of hydrogen-bond donors (Lipinski definition) is 1. The molecule has 24 heavy (non-hydrogen) atoms. The molecular weight excluding hydrogens is 298 g/mol. The fourth-order valence-electron chi connectivity index (χ4n) is 3.17. The van der Waals surface area contributed by atoms with Gasteiger partial charge in [0.05, 0.1) is 11.6 Å². The number of fused-ring (bicyclic) bond motifs is 1. The van der Waals surface area contributed by atoms with E-state index in [0.717, 1.165) is 23.2 Å². The molecule has 0 atom stereocenters. The van der Waals surface area contributed by atoms with Crippen molar-refractivity contribution in [3.63, 3.8) is 0 Å². The first kappa shape index (κ1) is 16.1. The second-order valence-corrected chi connectivity index (χ2v) is 7.03. The molecule has 2 aromatic rings. The summed E-state index contributed by atoms with van der Waals surface area (Å²) in [6, 6.07) is 17.5. The highest BCUT2D eigenvalue weighted by molar-refractivity contribution is 5.93.